The first kappa shape index (κ1) is 18.2. The molecule has 1 aliphatic carbocycles. The molecular weight excluding hydrogens is 402 g/mol. The van der Waals surface area contributed by atoms with Gasteiger partial charge in [-0.15, -0.1) is 23.5 Å². The van der Waals surface area contributed by atoms with E-state index in [2.05, 4.69) is 103 Å². The molecule has 0 atom stereocenters. The number of thioether (sulfide) groups is 2. The summed E-state index contributed by atoms with van der Waals surface area (Å²) in [6, 6.07) is 31.6. The third kappa shape index (κ3) is 2.28. The first-order valence-electron chi connectivity index (χ1n) is 10.1. The molecule has 1 spiro atoms. The van der Waals surface area contributed by atoms with Crippen molar-refractivity contribution in [1.82, 2.24) is 0 Å². The zero-order valence-electron chi connectivity index (χ0n) is 16.9. The van der Waals surface area contributed by atoms with Crippen molar-refractivity contribution in [3.63, 3.8) is 0 Å². The van der Waals surface area contributed by atoms with Crippen molar-refractivity contribution in [1.29, 1.82) is 0 Å². The maximum absolute atomic E-state index is 3.69. The molecule has 2 aliphatic rings. The average Bonchev–Trinajstić information content (AvgIpc) is 3.09. The zero-order chi connectivity index (χ0) is 20.3. The van der Waals surface area contributed by atoms with Crippen LogP contribution in [-0.2, 0) is 5.41 Å². The van der Waals surface area contributed by atoms with Crippen molar-refractivity contribution in [2.45, 2.75) is 15.2 Å². The van der Waals surface area contributed by atoms with E-state index in [-0.39, 0.29) is 5.41 Å². The lowest BCUT2D eigenvalue weighted by Gasteiger charge is -2.40. The molecular formula is C27H21NS2. The van der Waals surface area contributed by atoms with Gasteiger partial charge < -0.3 is 5.32 Å². The van der Waals surface area contributed by atoms with Crippen LogP contribution >= 0.6 is 23.5 Å². The van der Waals surface area contributed by atoms with E-state index in [0.29, 0.717) is 0 Å². The number of anilines is 2. The summed E-state index contributed by atoms with van der Waals surface area (Å²) in [4.78, 5) is 2.61. The van der Waals surface area contributed by atoms with Crippen molar-refractivity contribution in [2.24, 2.45) is 0 Å². The number of rotatable bonds is 2. The third-order valence-corrected chi connectivity index (χ3v) is 7.93. The standard InChI is InChI=1S/C27H21NS2/c1-29-17-11-13-21-19(15-17)20-16-18(30-2)12-14-22(20)27(21)23-7-3-5-9-25(23)28-26-10-6-4-8-24(26)27/h3-16,28H,1-2H3. The molecule has 0 fully saturated rings. The van der Waals surface area contributed by atoms with E-state index in [1.807, 2.05) is 23.5 Å². The lowest BCUT2D eigenvalue weighted by molar-refractivity contribution is 0.762. The van der Waals surface area contributed by atoms with Gasteiger partial charge in [0.05, 0.1) is 5.41 Å². The van der Waals surface area contributed by atoms with Crippen LogP contribution in [0.2, 0.25) is 0 Å². The summed E-state index contributed by atoms with van der Waals surface area (Å²) in [6.07, 6.45) is 4.31. The van der Waals surface area contributed by atoms with Crippen LogP contribution in [0.1, 0.15) is 22.3 Å². The minimum Gasteiger partial charge on any atom is -0.355 e. The van der Waals surface area contributed by atoms with Crippen LogP contribution in [-0.4, -0.2) is 12.5 Å². The summed E-state index contributed by atoms with van der Waals surface area (Å²) in [6.45, 7) is 0. The van der Waals surface area contributed by atoms with Crippen LogP contribution in [0.5, 0.6) is 0 Å². The molecule has 0 saturated carbocycles. The van der Waals surface area contributed by atoms with Crippen molar-refractivity contribution in [2.75, 3.05) is 17.8 Å². The molecule has 3 heteroatoms. The summed E-state index contributed by atoms with van der Waals surface area (Å²) in [5, 5.41) is 3.69. The van der Waals surface area contributed by atoms with Crippen molar-refractivity contribution in [3.8, 4) is 11.1 Å². The van der Waals surface area contributed by atoms with Crippen LogP contribution in [0.3, 0.4) is 0 Å². The van der Waals surface area contributed by atoms with Gasteiger partial charge >= 0.3 is 0 Å². The Bertz CT molecular complexity index is 1210. The lowest BCUT2D eigenvalue weighted by Crippen LogP contribution is -2.33. The summed E-state index contributed by atoms with van der Waals surface area (Å²) < 4.78 is 0. The summed E-state index contributed by atoms with van der Waals surface area (Å²) in [7, 11) is 0. The van der Waals surface area contributed by atoms with Gasteiger partial charge in [-0.05, 0) is 82.3 Å². The molecule has 4 aromatic rings. The number of nitrogens with one attached hydrogen (secondary N) is 1. The summed E-state index contributed by atoms with van der Waals surface area (Å²) in [5.41, 5.74) is 10.2. The highest BCUT2D eigenvalue weighted by Gasteiger charge is 2.50. The molecule has 30 heavy (non-hydrogen) atoms. The molecule has 6 rings (SSSR count). The largest absolute Gasteiger partial charge is 0.355 e. The van der Waals surface area contributed by atoms with Gasteiger partial charge in [0.1, 0.15) is 0 Å². The third-order valence-electron chi connectivity index (χ3n) is 6.48. The Balaban J connectivity index is 1.81. The molecule has 1 heterocycles. The SMILES string of the molecule is CSc1ccc2c(c1)-c1cc(SC)ccc1C21c2ccccc2Nc2ccccc21. The number of benzene rings is 4. The Labute approximate surface area is 185 Å². The first-order chi connectivity index (χ1) is 14.8. The van der Waals surface area contributed by atoms with Crippen LogP contribution in [0.25, 0.3) is 11.1 Å². The van der Waals surface area contributed by atoms with Gasteiger partial charge in [0.15, 0.2) is 0 Å². The lowest BCUT2D eigenvalue weighted by atomic mass is 9.65. The Morgan fingerprint density at radius 2 is 1.03 bits per heavy atom. The topological polar surface area (TPSA) is 12.0 Å². The van der Waals surface area contributed by atoms with E-state index in [9.17, 15) is 0 Å². The van der Waals surface area contributed by atoms with Crippen molar-refractivity contribution >= 4 is 34.9 Å². The van der Waals surface area contributed by atoms with E-state index in [4.69, 9.17) is 0 Å². The van der Waals surface area contributed by atoms with Gasteiger partial charge in [-0.1, -0.05) is 48.5 Å². The molecule has 0 bridgehead atoms. The van der Waals surface area contributed by atoms with Crippen LogP contribution < -0.4 is 5.32 Å². The Hall–Kier alpha value is -2.62. The highest BCUT2D eigenvalue weighted by atomic mass is 32.2. The summed E-state index contributed by atoms with van der Waals surface area (Å²) >= 11 is 3.62. The fraction of sp³-hybridized carbons (Fsp3) is 0.111. The van der Waals surface area contributed by atoms with Gasteiger partial charge in [0, 0.05) is 21.2 Å². The predicted octanol–water partition coefficient (Wildman–Crippen LogP) is 7.55. The maximum atomic E-state index is 3.69. The minimum atomic E-state index is -0.295. The first-order valence-corrected chi connectivity index (χ1v) is 12.6. The average molecular weight is 424 g/mol. The Morgan fingerprint density at radius 1 is 0.567 bits per heavy atom. The molecule has 4 aromatic carbocycles. The molecule has 0 radical (unpaired) electrons. The highest BCUT2D eigenvalue weighted by molar-refractivity contribution is 7.98. The molecule has 1 aliphatic heterocycles. The van der Waals surface area contributed by atoms with E-state index in [0.717, 1.165) is 0 Å². The molecule has 0 unspecified atom stereocenters. The maximum Gasteiger partial charge on any atom is 0.0753 e. The second-order valence-corrected chi connectivity index (χ2v) is 9.55. The van der Waals surface area contributed by atoms with Gasteiger partial charge in [-0.2, -0.15) is 0 Å². The Morgan fingerprint density at radius 3 is 1.50 bits per heavy atom. The number of fused-ring (bicyclic) bond motifs is 9. The minimum absolute atomic E-state index is 0.295. The van der Waals surface area contributed by atoms with Gasteiger partial charge in [0.2, 0.25) is 0 Å². The molecule has 0 saturated heterocycles. The normalized spacial score (nSPS) is 14.5. The molecule has 146 valence electrons. The van der Waals surface area contributed by atoms with Crippen molar-refractivity contribution in [3.05, 3.63) is 107 Å². The number of hydrogen-bond donors (Lipinski definition) is 1. The van der Waals surface area contributed by atoms with E-state index < -0.39 is 0 Å². The summed E-state index contributed by atoms with van der Waals surface area (Å²) in [5.74, 6) is 0. The molecule has 1 N–H and O–H groups in total. The second-order valence-electron chi connectivity index (χ2n) is 7.79. The van der Waals surface area contributed by atoms with E-state index in [1.54, 1.807) is 0 Å². The van der Waals surface area contributed by atoms with Gasteiger partial charge in [-0.25, -0.2) is 0 Å². The number of hydrogen-bond acceptors (Lipinski definition) is 3. The van der Waals surface area contributed by atoms with Crippen LogP contribution in [0.15, 0.2) is 94.7 Å². The predicted molar refractivity (Wildman–Crippen MR) is 131 cm³/mol. The zero-order valence-corrected chi connectivity index (χ0v) is 18.5. The van der Waals surface area contributed by atoms with Gasteiger partial charge in [0.25, 0.3) is 0 Å². The van der Waals surface area contributed by atoms with E-state index in [1.165, 1.54) is 54.5 Å². The fourth-order valence-corrected chi connectivity index (χ4v) is 6.13. The highest BCUT2D eigenvalue weighted by Crippen LogP contribution is 2.61. The van der Waals surface area contributed by atoms with Gasteiger partial charge in [-0.3, -0.25) is 0 Å². The van der Waals surface area contributed by atoms with Crippen LogP contribution in [0, 0.1) is 0 Å². The Kier molecular flexibility index (Phi) is 4.06. The molecule has 0 aromatic heterocycles. The van der Waals surface area contributed by atoms with Crippen molar-refractivity contribution < 1.29 is 0 Å². The molecule has 0 amide bonds. The number of para-hydroxylation sites is 2. The fourth-order valence-electron chi connectivity index (χ4n) is 5.25. The quantitative estimate of drug-likeness (QED) is 0.289. The molecule has 1 nitrogen and oxygen atoms in total. The monoisotopic (exact) mass is 423 g/mol. The van der Waals surface area contributed by atoms with Crippen LogP contribution in [0.4, 0.5) is 11.4 Å². The van der Waals surface area contributed by atoms with E-state index >= 15 is 0 Å². The second kappa shape index (κ2) is 6.69. The smallest absolute Gasteiger partial charge is 0.0753 e.